The third kappa shape index (κ3) is 44.7. The van der Waals surface area contributed by atoms with Crippen LogP contribution in [0.5, 0.6) is 34.5 Å². The van der Waals surface area contributed by atoms with Crippen LogP contribution in [0, 0.1) is 0 Å². The van der Waals surface area contributed by atoms with Gasteiger partial charge in [-0.1, -0.05) is 198 Å². The first-order chi connectivity index (χ1) is 50.2. The number of amides is 4. The molecule has 4 amide bonds. The van der Waals surface area contributed by atoms with E-state index in [0.717, 1.165) is 5.69 Å². The van der Waals surface area contributed by atoms with Crippen LogP contribution in [0.4, 0.5) is 56.9 Å². The van der Waals surface area contributed by atoms with Crippen LogP contribution in [-0.2, 0) is 0 Å². The smallest absolute Gasteiger partial charge is 1.00 e. The summed E-state index contributed by atoms with van der Waals surface area (Å²) in [6.45, 7) is 24.0. The molecule has 598 valence electrons. The Morgan fingerprint density at radius 1 is 0.284 bits per heavy atom. The van der Waals surface area contributed by atoms with E-state index in [9.17, 15) is 82.4 Å². The molecule has 0 aliphatic heterocycles. The quantitative estimate of drug-likeness (QED) is 0.0234. The number of nitrogens with one attached hydrogen (secondary N) is 4. The van der Waals surface area contributed by atoms with Gasteiger partial charge in [0.05, 0.1) is 45.0 Å². The maximum absolute atomic E-state index is 11.8. The number of halogens is 5. The molecule has 11 rings (SSSR count). The summed E-state index contributed by atoms with van der Waals surface area (Å²) in [7, 11) is 0. The second-order valence-corrected chi connectivity index (χ2v) is 19.8. The number of carbonyl (C=O) groups excluding carboxylic acids is 4. The van der Waals surface area contributed by atoms with Crippen LogP contribution in [0.15, 0.2) is 181 Å². The molecule has 0 aliphatic carbocycles. The molecule has 116 heavy (non-hydrogen) atoms. The van der Waals surface area contributed by atoms with E-state index in [0.29, 0.717) is 5.69 Å². The van der Waals surface area contributed by atoms with Gasteiger partial charge in [-0.05, 0) is 72.8 Å². The predicted molar refractivity (Wildman–Crippen MR) is 451 cm³/mol. The van der Waals surface area contributed by atoms with E-state index >= 15 is 0 Å². The second kappa shape index (κ2) is 78.6. The van der Waals surface area contributed by atoms with Crippen LogP contribution in [0.3, 0.4) is 0 Å². The Bertz CT molecular complexity index is 4960. The molecule has 0 radical (unpaired) electrons. The number of nitrogen functional groups attached to an aromatic ring is 2. The summed E-state index contributed by atoms with van der Waals surface area (Å²) < 4.78 is 0. The fourth-order valence-electron chi connectivity index (χ4n) is 7.10. The third-order valence-electron chi connectivity index (χ3n) is 12.1. The number of aromatic hydroxyl groups is 6. The molecule has 11 aromatic rings. The van der Waals surface area contributed by atoms with E-state index in [4.69, 9.17) is 96.1 Å². The van der Waals surface area contributed by atoms with Crippen molar-refractivity contribution in [2.45, 2.75) is 90.5 Å². The number of nitrogens with two attached hydrogens (primary N) is 6. The van der Waals surface area contributed by atoms with Crippen LogP contribution >= 0.6 is 70.4 Å². The second-order valence-electron chi connectivity index (χ2n) is 18.3. The standard InChI is InChI=1S/C17H13N3O4.2C11H7ClN2O4.C7H8N2O2.C6H7N.C4Cl2O2.C4H2O4.6C2H6.CH4.HI.8Rb.8H/c18-17(24)10-7-4-8-11(14(10)21)20-13-12(15(22)16(13)23)19-9-5-2-1-3-6-9;2*12-6-7(10(17)9(6)16)14-5-3-1-2-4(8(5)15)11(13)18;8-5-3-1-2-4(6(5)10)7(9)11;7-6-4-2-1-3-5-6;2*5-1-2(6)4(8)3(1)7;6*1-2;;;;;;;;;;;;;;;;;;/h1-8,19-21H,(H2,18,24);2*1-3,14-15H,(H2,13,18);1-3,10H,8H2,(H2,9,11);1-5H,7H2;;5-6H;6*1-2H3;1H4;1H;;;;;;;;;;;;;;;;/q;;;;;;;;;;;;;;;8*+1;8*-1. The fraction of sp³-hybridized carbons (Fsp3) is 0.178. The third-order valence-corrected chi connectivity index (χ3v) is 13.7. The molecule has 0 aliphatic rings. The van der Waals surface area contributed by atoms with E-state index in [1.807, 2.05) is 119 Å². The molecule has 0 aromatic heterocycles. The zero-order chi connectivity index (χ0) is 82.3. The van der Waals surface area contributed by atoms with E-state index in [1.165, 1.54) is 66.7 Å². The minimum atomic E-state index is -1.01. The molecule has 0 spiro atoms. The molecule has 0 bridgehead atoms. The van der Waals surface area contributed by atoms with Crippen molar-refractivity contribution in [3.05, 3.63) is 278 Å². The topological polar surface area (TPSA) is 565 Å². The number of carbonyl (C=O) groups is 4. The number of primary amides is 4. The zero-order valence-corrected chi connectivity index (χ0v) is 112. The number of hydrogen-bond donors (Lipinski definition) is 16. The van der Waals surface area contributed by atoms with Crippen LogP contribution in [0.1, 0.15) is 143 Å². The molecular weight excluding hydrogens is 2290 g/mol. The van der Waals surface area contributed by atoms with Crippen LogP contribution in [-0.4, -0.2) is 54.3 Å². The molecule has 11 aromatic carbocycles. The summed E-state index contributed by atoms with van der Waals surface area (Å²) in [5.41, 5.74) is 24.5. The minimum Gasteiger partial charge on any atom is -1.00 e. The first-order valence-electron chi connectivity index (χ1n) is 31.5. The van der Waals surface area contributed by atoms with Crippen LogP contribution < -0.4 is 575 Å². The Hall–Kier alpha value is 2.53. The number of rotatable bonds is 12. The predicted octanol–water partition coefficient (Wildman–Crippen LogP) is -12.5. The average molecular weight is 2380 g/mol. The number of hydrogen-bond acceptors (Lipinski definition) is 26. The number of para-hydroxylation sites is 6. The summed E-state index contributed by atoms with van der Waals surface area (Å²) in [5, 5.41) is 64.9. The van der Waals surface area contributed by atoms with Crippen molar-refractivity contribution in [2.75, 3.05) is 32.7 Å². The summed E-state index contributed by atoms with van der Waals surface area (Å²) >= 11 is 21.3. The van der Waals surface area contributed by atoms with Crippen molar-refractivity contribution < 1.29 is 527 Å². The Balaban J connectivity index is -0.0000000556. The van der Waals surface area contributed by atoms with Crippen LogP contribution in [0.25, 0.3) is 0 Å². The summed E-state index contributed by atoms with van der Waals surface area (Å²) in [6, 6.07) is 35.5. The van der Waals surface area contributed by atoms with Gasteiger partial charge in [-0.3, -0.25) is 67.1 Å². The van der Waals surface area contributed by atoms with Crippen molar-refractivity contribution in [2.24, 2.45) is 22.9 Å². The molecular formula is C73H93Cl4IN10O20Rb8. The first-order valence-corrected chi connectivity index (χ1v) is 33.0. The van der Waals surface area contributed by atoms with Gasteiger partial charge in [0.25, 0.3) is 56.2 Å². The minimum absolute atomic E-state index is 0. The van der Waals surface area contributed by atoms with Gasteiger partial charge in [-0.15, -0.1) is 24.0 Å². The molecule has 0 fully saturated rings. The summed E-state index contributed by atoms with van der Waals surface area (Å²) in [5.74, 6) is -6.21. The van der Waals surface area contributed by atoms with Gasteiger partial charge in [0.15, 0.2) is 23.0 Å². The van der Waals surface area contributed by atoms with Crippen molar-refractivity contribution in [1.29, 1.82) is 0 Å². The first kappa shape index (κ1) is 144. The Kier molecular flexibility index (Phi) is 97.7. The van der Waals surface area contributed by atoms with E-state index in [1.54, 1.807) is 30.3 Å². The number of phenols is 4. The molecule has 0 atom stereocenters. The SMILES string of the molecule is C.CC.CC.CC.CC.CC.CC.I.NC(=O)c1cccc(N)c1O.NC(=O)c1cccc(Nc2c(Cl)c(=O)c2=O)c1O.NC(=O)c1cccc(Nc2c(Cl)c(=O)c2=O)c1O.NC(=O)c1cccc(Nc2c(Nc3ccccc3)c(=O)c2=O)c1O.Nc1ccccc1.O=c1c(Cl)c(Cl)c1=O.O=c1c(O)c(O)c1=O.[H-].[H-].[H-].[H-].[H-].[H-].[H-].[H-].[Rb+].[Rb+].[Rb+].[Rb+].[Rb+].[Rb+].[Rb+].[Rb+]. The van der Waals surface area contributed by atoms with Gasteiger partial charge in [-0.2, -0.15) is 0 Å². The largest absolute Gasteiger partial charge is 1.00 e. The maximum atomic E-state index is 11.8. The molecule has 0 unspecified atom stereocenters. The van der Waals surface area contributed by atoms with E-state index in [-0.39, 0.29) is 608 Å². The van der Waals surface area contributed by atoms with E-state index in [2.05, 4.69) is 21.3 Å². The molecule has 22 N–H and O–H groups in total. The van der Waals surface area contributed by atoms with Crippen molar-refractivity contribution >= 4 is 151 Å². The van der Waals surface area contributed by atoms with E-state index < -0.39 is 101 Å². The average Bonchev–Trinajstić information content (AvgIpc) is 0.772. The van der Waals surface area contributed by atoms with Gasteiger partial charge in [-0.25, -0.2) is 0 Å². The Labute approximate surface area is 1110 Å². The monoisotopic (exact) mass is 2380 g/mol. The van der Waals surface area contributed by atoms with Gasteiger partial charge < -0.3 is 97.7 Å². The van der Waals surface area contributed by atoms with Gasteiger partial charge in [0.2, 0.25) is 33.2 Å². The summed E-state index contributed by atoms with van der Waals surface area (Å²) in [6.07, 6.45) is 0. The molecule has 0 heterocycles. The van der Waals surface area contributed by atoms with Crippen molar-refractivity contribution in [1.82, 2.24) is 0 Å². The normalized spacial score (nSPS) is 8.55. The van der Waals surface area contributed by atoms with Gasteiger partial charge in [0, 0.05) is 11.4 Å². The number of anilines is 10. The Morgan fingerprint density at radius 2 is 0.509 bits per heavy atom. The molecule has 43 heteroatoms. The zero-order valence-electron chi connectivity index (χ0n) is 75.5. The van der Waals surface area contributed by atoms with Gasteiger partial charge >= 0.3 is 465 Å². The summed E-state index contributed by atoms with van der Waals surface area (Å²) in [4.78, 5) is 152. The Morgan fingerprint density at radius 3 is 0.733 bits per heavy atom. The van der Waals surface area contributed by atoms with Crippen LogP contribution in [0.2, 0.25) is 20.1 Å². The van der Waals surface area contributed by atoms with Crippen molar-refractivity contribution in [3.8, 4) is 34.5 Å². The maximum Gasteiger partial charge on any atom is 1.00 e. The molecule has 0 saturated heterocycles. The molecule has 30 nitrogen and oxygen atoms in total. The fourth-order valence-corrected chi connectivity index (χ4v) is 7.88. The van der Waals surface area contributed by atoms with Crippen molar-refractivity contribution in [3.63, 3.8) is 0 Å². The molecule has 0 saturated carbocycles. The van der Waals surface area contributed by atoms with Gasteiger partial charge in [0.1, 0.15) is 42.8 Å². The number of benzene rings is 6.